The van der Waals surface area contributed by atoms with Crippen molar-refractivity contribution in [3.8, 4) is 0 Å². The summed E-state index contributed by atoms with van der Waals surface area (Å²) in [6.45, 7) is 1.06. The van der Waals surface area contributed by atoms with Crippen molar-refractivity contribution < 1.29 is 26.3 Å². The summed E-state index contributed by atoms with van der Waals surface area (Å²) in [6, 6.07) is 3.13. The van der Waals surface area contributed by atoms with Crippen molar-refractivity contribution in [2.24, 2.45) is 7.05 Å². The Morgan fingerprint density at radius 3 is 2.00 bits per heavy atom. The molecule has 0 bridgehead atoms. The van der Waals surface area contributed by atoms with Gasteiger partial charge in [0.25, 0.3) is 0 Å². The first kappa shape index (κ1) is 13.8. The summed E-state index contributed by atoms with van der Waals surface area (Å²) in [4.78, 5) is 0. The van der Waals surface area contributed by atoms with E-state index in [0.717, 1.165) is 30.7 Å². The molecule has 0 aliphatic carbocycles. The summed E-state index contributed by atoms with van der Waals surface area (Å²) in [5, 5.41) is -0.398. The number of aromatic nitrogens is 1. The van der Waals surface area contributed by atoms with Crippen LogP contribution in [-0.4, -0.2) is 4.57 Å². The Morgan fingerprint density at radius 2 is 1.53 bits per heavy atom. The normalized spacial score (nSPS) is 13.3. The second kappa shape index (κ2) is 3.91. The van der Waals surface area contributed by atoms with Gasteiger partial charge in [0.1, 0.15) is 5.69 Å². The number of nitrogens with zero attached hydrogens (tertiary/aromatic N) is 1. The van der Waals surface area contributed by atoms with Crippen LogP contribution in [0.15, 0.2) is 18.2 Å². The predicted octanol–water partition coefficient (Wildman–Crippen LogP) is 4.52. The SMILES string of the molecule is Cc1c(C(F)(F)F)n(C)c2cccc(C(F)(F)F)c12. The minimum Gasteiger partial charge on any atom is -0.340 e. The number of halogens is 6. The first-order chi connectivity index (χ1) is 8.55. The van der Waals surface area contributed by atoms with Crippen molar-refractivity contribution in [1.82, 2.24) is 4.57 Å². The summed E-state index contributed by atoms with van der Waals surface area (Å²) >= 11 is 0. The molecule has 0 saturated carbocycles. The molecule has 0 atom stereocenters. The fourth-order valence-electron chi connectivity index (χ4n) is 2.34. The topological polar surface area (TPSA) is 4.93 Å². The zero-order chi connectivity index (χ0) is 14.6. The van der Waals surface area contributed by atoms with Gasteiger partial charge in [0, 0.05) is 18.0 Å². The molecule has 0 radical (unpaired) electrons. The minimum absolute atomic E-state index is 0.0837. The number of aryl methyl sites for hydroxylation is 2. The lowest BCUT2D eigenvalue weighted by Crippen LogP contribution is -2.12. The van der Waals surface area contributed by atoms with Crippen molar-refractivity contribution in [1.29, 1.82) is 0 Å². The van der Waals surface area contributed by atoms with Crippen molar-refractivity contribution in [2.45, 2.75) is 19.3 Å². The highest BCUT2D eigenvalue weighted by Crippen LogP contribution is 2.42. The van der Waals surface area contributed by atoms with Gasteiger partial charge >= 0.3 is 12.4 Å². The maximum Gasteiger partial charge on any atom is 0.431 e. The molecule has 1 aromatic carbocycles. The van der Waals surface area contributed by atoms with Crippen LogP contribution in [0.1, 0.15) is 16.8 Å². The Kier molecular flexibility index (Phi) is 2.84. The van der Waals surface area contributed by atoms with E-state index >= 15 is 0 Å². The van der Waals surface area contributed by atoms with E-state index < -0.39 is 34.6 Å². The number of benzene rings is 1. The van der Waals surface area contributed by atoms with Crippen LogP contribution in [0.4, 0.5) is 26.3 Å². The summed E-state index contributed by atoms with van der Waals surface area (Å²) < 4.78 is 77.9. The van der Waals surface area contributed by atoms with E-state index in [1.807, 2.05) is 0 Å². The van der Waals surface area contributed by atoms with Crippen molar-refractivity contribution in [3.63, 3.8) is 0 Å². The van der Waals surface area contributed by atoms with Crippen LogP contribution in [0, 0.1) is 6.92 Å². The summed E-state index contributed by atoms with van der Waals surface area (Å²) in [5.41, 5.74) is -2.59. The maximum atomic E-state index is 12.9. The quantitative estimate of drug-likeness (QED) is 0.625. The molecule has 2 aromatic rings. The molecule has 0 fully saturated rings. The Bertz CT molecular complexity index is 632. The molecule has 0 N–H and O–H groups in total. The number of fused-ring (bicyclic) bond motifs is 1. The molecule has 104 valence electrons. The molecule has 19 heavy (non-hydrogen) atoms. The van der Waals surface area contributed by atoms with E-state index in [2.05, 4.69) is 0 Å². The first-order valence-electron chi connectivity index (χ1n) is 5.27. The Morgan fingerprint density at radius 1 is 0.947 bits per heavy atom. The fraction of sp³-hybridized carbons (Fsp3) is 0.333. The van der Waals surface area contributed by atoms with Gasteiger partial charge < -0.3 is 4.57 Å². The van der Waals surface area contributed by atoms with Gasteiger partial charge in [0.2, 0.25) is 0 Å². The van der Waals surface area contributed by atoms with Gasteiger partial charge in [-0.1, -0.05) is 6.07 Å². The number of hydrogen-bond acceptors (Lipinski definition) is 0. The van der Waals surface area contributed by atoms with E-state index in [4.69, 9.17) is 0 Å². The van der Waals surface area contributed by atoms with Crippen molar-refractivity contribution >= 4 is 10.9 Å². The highest BCUT2D eigenvalue weighted by atomic mass is 19.4. The summed E-state index contributed by atoms with van der Waals surface area (Å²) in [5.74, 6) is 0. The molecule has 0 spiro atoms. The zero-order valence-electron chi connectivity index (χ0n) is 9.95. The van der Waals surface area contributed by atoms with Gasteiger partial charge in [-0.15, -0.1) is 0 Å². The minimum atomic E-state index is -4.69. The third-order valence-corrected chi connectivity index (χ3v) is 3.04. The average molecular weight is 281 g/mol. The Hall–Kier alpha value is -1.66. The standard InChI is InChI=1S/C12H9F6N/c1-6-9-7(11(13,14)15)4-3-5-8(9)19(2)10(6)12(16,17)18/h3-5H,1-2H3. The second-order valence-corrected chi connectivity index (χ2v) is 4.23. The highest BCUT2D eigenvalue weighted by molar-refractivity contribution is 5.89. The van der Waals surface area contributed by atoms with Gasteiger partial charge in [0.05, 0.1) is 5.56 Å². The third-order valence-electron chi connectivity index (χ3n) is 3.04. The van der Waals surface area contributed by atoms with E-state index in [9.17, 15) is 26.3 Å². The molecule has 2 rings (SSSR count). The van der Waals surface area contributed by atoms with Crippen LogP contribution in [0.3, 0.4) is 0 Å². The van der Waals surface area contributed by atoms with Gasteiger partial charge in [-0.2, -0.15) is 26.3 Å². The van der Waals surface area contributed by atoms with Gasteiger partial charge in [0.15, 0.2) is 0 Å². The molecule has 1 aromatic heterocycles. The molecular formula is C12H9F6N. The second-order valence-electron chi connectivity index (χ2n) is 4.23. The van der Waals surface area contributed by atoms with E-state index in [0.29, 0.717) is 0 Å². The van der Waals surface area contributed by atoms with Crippen LogP contribution in [0.2, 0.25) is 0 Å². The maximum absolute atomic E-state index is 12.9. The zero-order valence-corrected chi connectivity index (χ0v) is 9.95. The molecule has 1 nitrogen and oxygen atoms in total. The monoisotopic (exact) mass is 281 g/mol. The number of rotatable bonds is 0. The van der Waals surface area contributed by atoms with Crippen LogP contribution in [0.5, 0.6) is 0 Å². The van der Waals surface area contributed by atoms with Gasteiger partial charge in [-0.3, -0.25) is 0 Å². The van der Waals surface area contributed by atoms with Gasteiger partial charge in [-0.05, 0) is 24.6 Å². The lowest BCUT2D eigenvalue weighted by atomic mass is 10.1. The van der Waals surface area contributed by atoms with E-state index in [1.54, 1.807) is 0 Å². The van der Waals surface area contributed by atoms with Gasteiger partial charge in [-0.25, -0.2) is 0 Å². The summed E-state index contributed by atoms with van der Waals surface area (Å²) in [6.07, 6.45) is -9.38. The first-order valence-corrected chi connectivity index (χ1v) is 5.27. The largest absolute Gasteiger partial charge is 0.431 e. The van der Waals surface area contributed by atoms with Crippen LogP contribution in [-0.2, 0) is 19.4 Å². The molecule has 1 heterocycles. The Labute approximate surface area is 104 Å². The predicted molar refractivity (Wildman–Crippen MR) is 57.7 cm³/mol. The molecule has 0 saturated heterocycles. The van der Waals surface area contributed by atoms with E-state index in [-0.39, 0.29) is 5.52 Å². The van der Waals surface area contributed by atoms with Crippen molar-refractivity contribution in [2.75, 3.05) is 0 Å². The Balaban J connectivity index is 2.94. The summed E-state index contributed by atoms with van der Waals surface area (Å²) in [7, 11) is 1.11. The fourth-order valence-corrected chi connectivity index (χ4v) is 2.34. The molecule has 7 heteroatoms. The molecule has 0 aliphatic rings. The number of alkyl halides is 6. The number of hydrogen-bond donors (Lipinski definition) is 0. The van der Waals surface area contributed by atoms with Crippen LogP contribution in [0.25, 0.3) is 10.9 Å². The van der Waals surface area contributed by atoms with Crippen LogP contribution >= 0.6 is 0 Å². The highest BCUT2D eigenvalue weighted by Gasteiger charge is 2.40. The third kappa shape index (κ3) is 2.06. The van der Waals surface area contributed by atoms with E-state index in [1.165, 1.54) is 6.07 Å². The van der Waals surface area contributed by atoms with Crippen molar-refractivity contribution in [3.05, 3.63) is 35.0 Å². The molecule has 0 aliphatic heterocycles. The van der Waals surface area contributed by atoms with Crippen LogP contribution < -0.4 is 0 Å². The average Bonchev–Trinajstić information content (AvgIpc) is 2.49. The molecule has 0 amide bonds. The molecule has 0 unspecified atom stereocenters. The lowest BCUT2D eigenvalue weighted by Gasteiger charge is -2.09. The molecular weight excluding hydrogens is 272 g/mol. The smallest absolute Gasteiger partial charge is 0.340 e. The lowest BCUT2D eigenvalue weighted by molar-refractivity contribution is -0.143.